The van der Waals surface area contributed by atoms with Gasteiger partial charge in [-0.25, -0.2) is 17.5 Å². The molecule has 0 amide bonds. The van der Waals surface area contributed by atoms with Crippen LogP contribution in [0.2, 0.25) is 5.02 Å². The van der Waals surface area contributed by atoms with Gasteiger partial charge in [-0.05, 0) is 38.1 Å². The Hall–Kier alpha value is -0.690. The second-order valence-electron chi connectivity index (χ2n) is 4.68. The van der Waals surface area contributed by atoms with Crippen LogP contribution in [0.15, 0.2) is 23.1 Å². The molecule has 1 aromatic carbocycles. The van der Waals surface area contributed by atoms with Crippen molar-refractivity contribution in [2.24, 2.45) is 0 Å². The number of nitrogens with one attached hydrogen (secondary N) is 1. The molecule has 0 unspecified atom stereocenters. The first-order chi connectivity index (χ1) is 8.90. The first-order valence-electron chi connectivity index (χ1n) is 6.05. The number of halogens is 2. The monoisotopic (exact) mass is 306 g/mol. The lowest BCUT2D eigenvalue weighted by Crippen LogP contribution is -2.34. The van der Waals surface area contributed by atoms with Gasteiger partial charge in [-0.15, -0.1) is 0 Å². The van der Waals surface area contributed by atoms with Crippen molar-refractivity contribution in [3.05, 3.63) is 29.0 Å². The molecule has 1 N–H and O–H groups in total. The van der Waals surface area contributed by atoms with Crippen molar-refractivity contribution in [1.29, 1.82) is 0 Å². The van der Waals surface area contributed by atoms with Crippen LogP contribution < -0.4 is 4.72 Å². The van der Waals surface area contributed by atoms with E-state index in [-0.39, 0.29) is 16.5 Å². The molecule has 1 aliphatic carbocycles. The van der Waals surface area contributed by atoms with Gasteiger partial charge in [0, 0.05) is 19.1 Å². The van der Waals surface area contributed by atoms with E-state index in [4.69, 9.17) is 11.6 Å². The van der Waals surface area contributed by atoms with E-state index < -0.39 is 15.8 Å². The highest BCUT2D eigenvalue weighted by atomic mass is 35.5. The Kier molecular flexibility index (Phi) is 4.45. The van der Waals surface area contributed by atoms with Crippen molar-refractivity contribution >= 4 is 21.6 Å². The summed E-state index contributed by atoms with van der Waals surface area (Å²) in [5.41, 5.74) is 0. The first kappa shape index (κ1) is 14.7. The maximum atomic E-state index is 13.1. The fraction of sp³-hybridized carbons (Fsp3) is 0.500. The van der Waals surface area contributed by atoms with Crippen LogP contribution in [0.5, 0.6) is 0 Å². The summed E-state index contributed by atoms with van der Waals surface area (Å²) in [5.74, 6) is -0.625. The number of benzene rings is 1. The third-order valence-electron chi connectivity index (χ3n) is 3.11. The summed E-state index contributed by atoms with van der Waals surface area (Å²) in [5, 5.41) is 0.0180. The summed E-state index contributed by atoms with van der Waals surface area (Å²) in [7, 11) is -1.80. The molecular weight excluding hydrogens is 291 g/mol. The van der Waals surface area contributed by atoms with Gasteiger partial charge in [-0.2, -0.15) is 0 Å². The highest BCUT2D eigenvalue weighted by molar-refractivity contribution is 7.89. The van der Waals surface area contributed by atoms with E-state index in [2.05, 4.69) is 9.62 Å². The predicted molar refractivity (Wildman–Crippen MR) is 72.3 cm³/mol. The zero-order chi connectivity index (χ0) is 14.0. The molecule has 19 heavy (non-hydrogen) atoms. The van der Waals surface area contributed by atoms with Crippen LogP contribution >= 0.6 is 11.6 Å². The van der Waals surface area contributed by atoms with Gasteiger partial charge in [0.1, 0.15) is 10.7 Å². The molecule has 0 bridgehead atoms. The fourth-order valence-corrected chi connectivity index (χ4v) is 3.35. The van der Waals surface area contributed by atoms with E-state index in [9.17, 15) is 12.8 Å². The van der Waals surface area contributed by atoms with Crippen LogP contribution in [-0.4, -0.2) is 39.5 Å². The van der Waals surface area contributed by atoms with Gasteiger partial charge < -0.3 is 4.90 Å². The van der Waals surface area contributed by atoms with E-state index in [0.29, 0.717) is 12.6 Å². The average Bonchev–Trinajstić information content (AvgIpc) is 3.15. The van der Waals surface area contributed by atoms with Crippen molar-refractivity contribution in [3.63, 3.8) is 0 Å². The molecule has 1 fully saturated rings. The Morgan fingerprint density at radius 3 is 2.79 bits per heavy atom. The Morgan fingerprint density at radius 1 is 1.47 bits per heavy atom. The lowest BCUT2D eigenvalue weighted by atomic mass is 10.3. The van der Waals surface area contributed by atoms with Gasteiger partial charge in [0.15, 0.2) is 0 Å². The van der Waals surface area contributed by atoms with Crippen LogP contribution in [0.25, 0.3) is 0 Å². The second kappa shape index (κ2) is 5.75. The van der Waals surface area contributed by atoms with Crippen LogP contribution in [0.1, 0.15) is 12.8 Å². The molecule has 0 radical (unpaired) electrons. The number of likely N-dealkylation sites (N-methyl/N-ethyl adjacent to an activating group) is 1. The molecule has 2 rings (SSSR count). The van der Waals surface area contributed by atoms with E-state index in [1.54, 1.807) is 0 Å². The molecule has 1 aliphatic rings. The molecular formula is C12H16ClFN2O2S. The van der Waals surface area contributed by atoms with E-state index in [0.717, 1.165) is 12.1 Å². The molecule has 0 aliphatic heterocycles. The number of hydrogen-bond donors (Lipinski definition) is 1. The number of nitrogens with zero attached hydrogens (tertiary/aromatic N) is 1. The lowest BCUT2D eigenvalue weighted by Gasteiger charge is -2.16. The summed E-state index contributed by atoms with van der Waals surface area (Å²) in [6.45, 7) is 0.902. The second-order valence-corrected chi connectivity index (χ2v) is 6.83. The van der Waals surface area contributed by atoms with Crippen LogP contribution in [0.4, 0.5) is 4.39 Å². The van der Waals surface area contributed by atoms with Crippen molar-refractivity contribution in [1.82, 2.24) is 9.62 Å². The smallest absolute Gasteiger partial charge is 0.242 e. The molecule has 0 heterocycles. The molecule has 0 aromatic heterocycles. The Balaban J connectivity index is 1.99. The summed E-state index contributed by atoms with van der Waals surface area (Å²) in [4.78, 5) is 1.89. The minimum atomic E-state index is -3.76. The van der Waals surface area contributed by atoms with Crippen LogP contribution in [-0.2, 0) is 10.0 Å². The lowest BCUT2D eigenvalue weighted by molar-refractivity contribution is 0.329. The van der Waals surface area contributed by atoms with Gasteiger partial charge in [0.05, 0.1) is 5.02 Å². The molecule has 0 atom stereocenters. The molecule has 1 saturated carbocycles. The molecule has 7 heteroatoms. The molecule has 4 nitrogen and oxygen atoms in total. The zero-order valence-corrected chi connectivity index (χ0v) is 12.1. The van der Waals surface area contributed by atoms with Gasteiger partial charge >= 0.3 is 0 Å². The molecule has 1 aromatic rings. The molecule has 106 valence electrons. The summed E-state index contributed by atoms with van der Waals surface area (Å²) < 4.78 is 39.5. The average molecular weight is 307 g/mol. The van der Waals surface area contributed by atoms with Crippen molar-refractivity contribution in [2.45, 2.75) is 23.8 Å². The summed E-state index contributed by atoms with van der Waals surface area (Å²) in [6.07, 6.45) is 2.33. The third kappa shape index (κ3) is 3.89. The third-order valence-corrected chi connectivity index (χ3v) is 5.05. The Bertz CT molecular complexity index is 561. The van der Waals surface area contributed by atoms with Gasteiger partial charge in [-0.1, -0.05) is 11.6 Å². The highest BCUT2D eigenvalue weighted by Gasteiger charge is 2.26. The topological polar surface area (TPSA) is 49.4 Å². The van der Waals surface area contributed by atoms with E-state index in [1.165, 1.54) is 18.9 Å². The maximum Gasteiger partial charge on any atom is 0.242 e. The van der Waals surface area contributed by atoms with Crippen LogP contribution in [0, 0.1) is 5.82 Å². The first-order valence-corrected chi connectivity index (χ1v) is 7.91. The van der Waals surface area contributed by atoms with Crippen molar-refractivity contribution < 1.29 is 12.8 Å². The largest absolute Gasteiger partial charge is 0.302 e. The minimum absolute atomic E-state index is 0.0180. The molecule has 0 spiro atoms. The quantitative estimate of drug-likeness (QED) is 0.872. The minimum Gasteiger partial charge on any atom is -0.302 e. The van der Waals surface area contributed by atoms with Gasteiger partial charge in [0.2, 0.25) is 10.0 Å². The SMILES string of the molecule is CN(CCNS(=O)(=O)c1cc(F)ccc1Cl)C1CC1. The van der Waals surface area contributed by atoms with Crippen molar-refractivity contribution in [3.8, 4) is 0 Å². The summed E-state index contributed by atoms with van der Waals surface area (Å²) in [6, 6.07) is 3.86. The normalized spacial score (nSPS) is 16.0. The van der Waals surface area contributed by atoms with E-state index in [1.807, 2.05) is 7.05 Å². The fourth-order valence-electron chi connectivity index (χ4n) is 1.82. The Morgan fingerprint density at radius 2 is 2.16 bits per heavy atom. The number of sulfonamides is 1. The number of rotatable bonds is 6. The number of hydrogen-bond acceptors (Lipinski definition) is 3. The zero-order valence-electron chi connectivity index (χ0n) is 10.6. The van der Waals surface area contributed by atoms with Gasteiger partial charge in [0.25, 0.3) is 0 Å². The summed E-state index contributed by atoms with van der Waals surface area (Å²) >= 11 is 5.79. The van der Waals surface area contributed by atoms with Crippen molar-refractivity contribution in [2.75, 3.05) is 20.1 Å². The Labute approximate surface area is 117 Å². The van der Waals surface area contributed by atoms with Gasteiger partial charge in [-0.3, -0.25) is 0 Å². The van der Waals surface area contributed by atoms with Crippen LogP contribution in [0.3, 0.4) is 0 Å². The standard InChI is InChI=1S/C12H16ClFN2O2S/c1-16(10-3-4-10)7-6-15-19(17,18)12-8-9(14)2-5-11(12)13/h2,5,8,10,15H,3-4,6-7H2,1H3. The highest BCUT2D eigenvalue weighted by Crippen LogP contribution is 2.25. The van der Waals surface area contributed by atoms with E-state index >= 15 is 0 Å². The molecule has 0 saturated heterocycles. The maximum absolute atomic E-state index is 13.1. The predicted octanol–water partition coefficient (Wildman–Crippen LogP) is 1.85.